The lowest BCUT2D eigenvalue weighted by molar-refractivity contribution is 0.756. The van der Waals surface area contributed by atoms with Gasteiger partial charge in [0.2, 0.25) is 0 Å². The SMILES string of the molecule is CC(C)c1ccn(-c2ccc(CCN)cn2)n1. The Labute approximate surface area is 101 Å². The van der Waals surface area contributed by atoms with Crippen LogP contribution in [0.4, 0.5) is 0 Å². The van der Waals surface area contributed by atoms with Gasteiger partial charge in [0.15, 0.2) is 5.82 Å². The minimum absolute atomic E-state index is 0.438. The summed E-state index contributed by atoms with van der Waals surface area (Å²) in [6.07, 6.45) is 4.67. The number of nitrogens with two attached hydrogens (primary N) is 1. The van der Waals surface area contributed by atoms with Gasteiger partial charge in [-0.15, -0.1) is 0 Å². The first-order valence-electron chi connectivity index (χ1n) is 5.91. The van der Waals surface area contributed by atoms with E-state index in [1.807, 2.05) is 35.3 Å². The molecule has 0 bridgehead atoms. The van der Waals surface area contributed by atoms with Crippen LogP contribution in [0.15, 0.2) is 30.6 Å². The van der Waals surface area contributed by atoms with E-state index in [4.69, 9.17) is 5.73 Å². The van der Waals surface area contributed by atoms with Crippen molar-refractivity contribution in [3.8, 4) is 5.82 Å². The van der Waals surface area contributed by atoms with E-state index in [2.05, 4.69) is 23.9 Å². The molecule has 0 amide bonds. The third kappa shape index (κ3) is 2.71. The zero-order chi connectivity index (χ0) is 12.3. The van der Waals surface area contributed by atoms with Crippen LogP contribution in [0.3, 0.4) is 0 Å². The molecule has 0 aliphatic rings. The Morgan fingerprint density at radius 2 is 2.12 bits per heavy atom. The van der Waals surface area contributed by atoms with Crippen molar-refractivity contribution < 1.29 is 0 Å². The topological polar surface area (TPSA) is 56.7 Å². The van der Waals surface area contributed by atoms with E-state index in [1.54, 1.807) is 0 Å². The van der Waals surface area contributed by atoms with Crippen molar-refractivity contribution >= 4 is 0 Å². The lowest BCUT2D eigenvalue weighted by atomic mass is 10.1. The number of aromatic nitrogens is 3. The van der Waals surface area contributed by atoms with E-state index >= 15 is 0 Å². The van der Waals surface area contributed by atoms with Gasteiger partial charge in [-0.3, -0.25) is 0 Å². The molecule has 0 radical (unpaired) electrons. The lowest BCUT2D eigenvalue weighted by Crippen LogP contribution is -2.04. The summed E-state index contributed by atoms with van der Waals surface area (Å²) in [7, 11) is 0. The normalized spacial score (nSPS) is 11.1. The van der Waals surface area contributed by atoms with Gasteiger partial charge in [0, 0.05) is 12.4 Å². The molecule has 0 aliphatic carbocycles. The predicted octanol–water partition coefficient (Wildman–Crippen LogP) is 1.89. The van der Waals surface area contributed by atoms with Crippen molar-refractivity contribution in [1.29, 1.82) is 0 Å². The summed E-state index contributed by atoms with van der Waals surface area (Å²) >= 11 is 0. The fraction of sp³-hybridized carbons (Fsp3) is 0.385. The van der Waals surface area contributed by atoms with Gasteiger partial charge in [-0.25, -0.2) is 9.67 Å². The summed E-state index contributed by atoms with van der Waals surface area (Å²) in [6, 6.07) is 6.05. The summed E-state index contributed by atoms with van der Waals surface area (Å²) < 4.78 is 1.81. The molecule has 2 heterocycles. The third-order valence-electron chi connectivity index (χ3n) is 2.68. The van der Waals surface area contributed by atoms with E-state index in [9.17, 15) is 0 Å². The molecule has 2 N–H and O–H groups in total. The van der Waals surface area contributed by atoms with E-state index in [0.29, 0.717) is 12.5 Å². The molecule has 2 rings (SSSR count). The molecule has 17 heavy (non-hydrogen) atoms. The zero-order valence-corrected chi connectivity index (χ0v) is 10.3. The molecule has 0 spiro atoms. The average Bonchev–Trinajstić information content (AvgIpc) is 2.80. The van der Waals surface area contributed by atoms with Crippen LogP contribution in [0.5, 0.6) is 0 Å². The highest BCUT2D eigenvalue weighted by Gasteiger charge is 2.05. The van der Waals surface area contributed by atoms with Crippen LogP contribution in [-0.2, 0) is 6.42 Å². The highest BCUT2D eigenvalue weighted by atomic mass is 15.3. The van der Waals surface area contributed by atoms with Gasteiger partial charge in [-0.1, -0.05) is 19.9 Å². The lowest BCUT2D eigenvalue weighted by Gasteiger charge is -2.03. The highest BCUT2D eigenvalue weighted by molar-refractivity contribution is 5.25. The Morgan fingerprint density at radius 1 is 1.29 bits per heavy atom. The Balaban J connectivity index is 2.21. The maximum atomic E-state index is 5.50. The fourth-order valence-electron chi connectivity index (χ4n) is 1.64. The van der Waals surface area contributed by atoms with Crippen molar-refractivity contribution in [3.63, 3.8) is 0 Å². The van der Waals surface area contributed by atoms with Gasteiger partial charge in [-0.2, -0.15) is 5.10 Å². The van der Waals surface area contributed by atoms with Crippen molar-refractivity contribution in [3.05, 3.63) is 41.9 Å². The van der Waals surface area contributed by atoms with Crippen LogP contribution in [0.2, 0.25) is 0 Å². The Kier molecular flexibility index (Phi) is 3.54. The van der Waals surface area contributed by atoms with Gasteiger partial charge < -0.3 is 5.73 Å². The number of pyridine rings is 1. The number of nitrogens with zero attached hydrogens (tertiary/aromatic N) is 3. The molecule has 0 aromatic carbocycles. The van der Waals surface area contributed by atoms with Crippen LogP contribution >= 0.6 is 0 Å². The Morgan fingerprint density at radius 3 is 2.65 bits per heavy atom. The third-order valence-corrected chi connectivity index (χ3v) is 2.68. The number of rotatable bonds is 4. The first-order chi connectivity index (χ1) is 8.20. The van der Waals surface area contributed by atoms with Crippen LogP contribution in [0.25, 0.3) is 5.82 Å². The smallest absolute Gasteiger partial charge is 0.153 e. The van der Waals surface area contributed by atoms with E-state index in [-0.39, 0.29) is 0 Å². The maximum absolute atomic E-state index is 5.50. The van der Waals surface area contributed by atoms with Gasteiger partial charge in [0.05, 0.1) is 5.69 Å². The van der Waals surface area contributed by atoms with Crippen LogP contribution in [0, 0.1) is 0 Å². The van der Waals surface area contributed by atoms with Crippen molar-refractivity contribution in [2.24, 2.45) is 5.73 Å². The second-order valence-electron chi connectivity index (χ2n) is 4.40. The van der Waals surface area contributed by atoms with Gasteiger partial charge in [0.1, 0.15) is 0 Å². The minimum Gasteiger partial charge on any atom is -0.330 e. The van der Waals surface area contributed by atoms with E-state index in [1.165, 1.54) is 0 Å². The molecule has 0 aliphatic heterocycles. The highest BCUT2D eigenvalue weighted by Crippen LogP contribution is 2.13. The zero-order valence-electron chi connectivity index (χ0n) is 10.3. The largest absolute Gasteiger partial charge is 0.330 e. The Bertz CT molecular complexity index is 470. The number of hydrogen-bond donors (Lipinski definition) is 1. The van der Waals surface area contributed by atoms with Crippen molar-refractivity contribution in [1.82, 2.24) is 14.8 Å². The van der Waals surface area contributed by atoms with Crippen LogP contribution < -0.4 is 5.73 Å². The molecule has 0 atom stereocenters. The molecule has 0 saturated heterocycles. The minimum atomic E-state index is 0.438. The molecule has 0 unspecified atom stereocenters. The molecule has 0 fully saturated rings. The molecule has 2 aromatic rings. The molecular formula is C13H18N4. The second-order valence-corrected chi connectivity index (χ2v) is 4.40. The van der Waals surface area contributed by atoms with Crippen molar-refractivity contribution in [2.45, 2.75) is 26.2 Å². The van der Waals surface area contributed by atoms with E-state index < -0.39 is 0 Å². The summed E-state index contributed by atoms with van der Waals surface area (Å²) in [4.78, 5) is 4.39. The summed E-state index contributed by atoms with van der Waals surface area (Å²) in [6.45, 7) is 4.91. The molecule has 0 saturated carbocycles. The summed E-state index contributed by atoms with van der Waals surface area (Å²) in [5, 5.41) is 4.49. The molecule has 90 valence electrons. The van der Waals surface area contributed by atoms with Crippen molar-refractivity contribution in [2.75, 3.05) is 6.54 Å². The van der Waals surface area contributed by atoms with Gasteiger partial charge >= 0.3 is 0 Å². The quantitative estimate of drug-likeness (QED) is 0.872. The fourth-order valence-corrected chi connectivity index (χ4v) is 1.64. The van der Waals surface area contributed by atoms with E-state index in [0.717, 1.165) is 23.5 Å². The Hall–Kier alpha value is -1.68. The van der Waals surface area contributed by atoms with Crippen LogP contribution in [0.1, 0.15) is 31.0 Å². The number of hydrogen-bond acceptors (Lipinski definition) is 3. The molecule has 4 heteroatoms. The van der Waals surface area contributed by atoms with Crippen LogP contribution in [-0.4, -0.2) is 21.3 Å². The monoisotopic (exact) mass is 230 g/mol. The first kappa shape index (κ1) is 11.8. The first-order valence-corrected chi connectivity index (χ1v) is 5.91. The summed E-state index contributed by atoms with van der Waals surface area (Å²) in [5.74, 6) is 1.28. The predicted molar refractivity (Wildman–Crippen MR) is 68.2 cm³/mol. The molecule has 4 nitrogen and oxygen atoms in total. The molecule has 2 aromatic heterocycles. The second kappa shape index (κ2) is 5.10. The standard InChI is InChI=1S/C13H18N4/c1-10(2)12-6-8-17(16-12)13-4-3-11(5-7-14)9-15-13/h3-4,6,8-10H,5,7,14H2,1-2H3. The van der Waals surface area contributed by atoms with Gasteiger partial charge in [-0.05, 0) is 36.6 Å². The molecular weight excluding hydrogens is 212 g/mol. The average molecular weight is 230 g/mol. The van der Waals surface area contributed by atoms with Gasteiger partial charge in [0.25, 0.3) is 0 Å². The summed E-state index contributed by atoms with van der Waals surface area (Å²) in [5.41, 5.74) is 7.74. The maximum Gasteiger partial charge on any atom is 0.153 e.